The maximum Gasteiger partial charge on any atom is 0.261 e. The molecular formula is C14H14FNO4S. The third-order valence-corrected chi connectivity index (χ3v) is 5.09. The molecular weight excluding hydrogens is 297 g/mol. The first-order valence-electron chi connectivity index (χ1n) is 6.54. The second-order valence-electron chi connectivity index (χ2n) is 5.96. The lowest BCUT2D eigenvalue weighted by Gasteiger charge is -2.21. The van der Waals surface area contributed by atoms with Crippen LogP contribution in [0.3, 0.4) is 0 Å². The molecule has 112 valence electrons. The van der Waals surface area contributed by atoms with Crippen LogP contribution in [0.1, 0.15) is 33.6 Å². The largest absolute Gasteiger partial charge is 0.274 e. The summed E-state index contributed by atoms with van der Waals surface area (Å²) in [5.74, 6) is -1.64. The van der Waals surface area contributed by atoms with Crippen molar-refractivity contribution in [3.8, 4) is 0 Å². The molecule has 1 aliphatic heterocycles. The molecule has 0 N–H and O–H groups in total. The number of sulfone groups is 1. The smallest absolute Gasteiger partial charge is 0.261 e. The van der Waals surface area contributed by atoms with Crippen molar-refractivity contribution in [1.29, 1.82) is 0 Å². The highest BCUT2D eigenvalue weighted by Crippen LogP contribution is 2.48. The minimum absolute atomic E-state index is 0.0399. The molecule has 5 nitrogen and oxygen atoms in total. The Morgan fingerprint density at radius 2 is 1.81 bits per heavy atom. The fraction of sp³-hybridized carbons (Fsp3) is 0.429. The molecule has 0 unspecified atom stereocenters. The highest BCUT2D eigenvalue weighted by Gasteiger charge is 2.50. The Morgan fingerprint density at radius 1 is 1.19 bits per heavy atom. The van der Waals surface area contributed by atoms with Gasteiger partial charge in [-0.1, -0.05) is 0 Å². The Bertz CT molecular complexity index is 752. The van der Waals surface area contributed by atoms with Gasteiger partial charge in [0.15, 0.2) is 0 Å². The molecule has 0 radical (unpaired) electrons. The van der Waals surface area contributed by atoms with Gasteiger partial charge in [-0.3, -0.25) is 14.5 Å². The van der Waals surface area contributed by atoms with Gasteiger partial charge in [0.2, 0.25) is 0 Å². The molecule has 2 aliphatic rings. The summed E-state index contributed by atoms with van der Waals surface area (Å²) in [5.41, 5.74) is -0.300. The Morgan fingerprint density at radius 3 is 2.38 bits per heavy atom. The van der Waals surface area contributed by atoms with Gasteiger partial charge in [-0.2, -0.15) is 0 Å². The molecule has 2 amide bonds. The Labute approximate surface area is 121 Å². The monoisotopic (exact) mass is 311 g/mol. The van der Waals surface area contributed by atoms with Crippen LogP contribution < -0.4 is 0 Å². The van der Waals surface area contributed by atoms with Gasteiger partial charge in [-0.25, -0.2) is 12.8 Å². The molecule has 1 saturated carbocycles. The molecule has 0 saturated heterocycles. The summed E-state index contributed by atoms with van der Waals surface area (Å²) in [7, 11) is -3.18. The number of amides is 2. The zero-order valence-electron chi connectivity index (χ0n) is 11.4. The van der Waals surface area contributed by atoms with E-state index in [-0.39, 0.29) is 23.4 Å². The molecule has 0 bridgehead atoms. The molecule has 1 fully saturated rings. The van der Waals surface area contributed by atoms with Gasteiger partial charge < -0.3 is 0 Å². The third-order valence-electron chi connectivity index (χ3n) is 3.95. The Balaban J connectivity index is 1.86. The van der Waals surface area contributed by atoms with E-state index in [0.717, 1.165) is 23.3 Å². The maximum absolute atomic E-state index is 13.2. The molecule has 1 aromatic rings. The van der Waals surface area contributed by atoms with Crippen LogP contribution in [-0.2, 0) is 9.84 Å². The van der Waals surface area contributed by atoms with Crippen LogP contribution in [0.4, 0.5) is 4.39 Å². The first kappa shape index (κ1) is 14.2. The Hall–Kier alpha value is -1.76. The molecule has 0 atom stereocenters. The number of rotatable bonds is 4. The number of fused-ring (bicyclic) bond motifs is 1. The maximum atomic E-state index is 13.2. The zero-order valence-corrected chi connectivity index (χ0v) is 12.2. The fourth-order valence-electron chi connectivity index (χ4n) is 2.82. The van der Waals surface area contributed by atoms with Gasteiger partial charge in [0, 0.05) is 18.2 Å². The minimum atomic E-state index is -3.18. The number of carbonyl (C=O) groups is 2. The number of carbonyl (C=O) groups excluding carboxylic acids is 2. The molecule has 0 aromatic heterocycles. The first-order valence-corrected chi connectivity index (χ1v) is 8.60. The van der Waals surface area contributed by atoms with Gasteiger partial charge in [0.05, 0.1) is 16.9 Å². The van der Waals surface area contributed by atoms with Crippen molar-refractivity contribution in [2.75, 3.05) is 18.6 Å². The number of benzene rings is 1. The van der Waals surface area contributed by atoms with E-state index in [2.05, 4.69) is 0 Å². The Kier molecular flexibility index (Phi) is 2.95. The average Bonchev–Trinajstić information content (AvgIpc) is 3.07. The van der Waals surface area contributed by atoms with Crippen LogP contribution in [0.5, 0.6) is 0 Å². The summed E-state index contributed by atoms with van der Waals surface area (Å²) < 4.78 is 36.1. The third kappa shape index (κ3) is 2.57. The summed E-state index contributed by atoms with van der Waals surface area (Å²) in [4.78, 5) is 25.5. The summed E-state index contributed by atoms with van der Waals surface area (Å²) in [6.45, 7) is 0.0774. The summed E-state index contributed by atoms with van der Waals surface area (Å²) >= 11 is 0. The minimum Gasteiger partial charge on any atom is -0.274 e. The topological polar surface area (TPSA) is 71.5 Å². The van der Waals surface area contributed by atoms with E-state index < -0.39 is 32.9 Å². The van der Waals surface area contributed by atoms with Crippen molar-refractivity contribution >= 4 is 21.7 Å². The van der Waals surface area contributed by atoms with Crippen molar-refractivity contribution in [2.45, 2.75) is 12.8 Å². The van der Waals surface area contributed by atoms with E-state index in [1.165, 1.54) is 6.07 Å². The lowest BCUT2D eigenvalue weighted by molar-refractivity contribution is 0.0625. The second kappa shape index (κ2) is 4.37. The van der Waals surface area contributed by atoms with Crippen molar-refractivity contribution in [3.63, 3.8) is 0 Å². The van der Waals surface area contributed by atoms with Crippen molar-refractivity contribution in [1.82, 2.24) is 4.90 Å². The van der Waals surface area contributed by atoms with E-state index in [9.17, 15) is 22.4 Å². The van der Waals surface area contributed by atoms with Crippen LogP contribution in [0.15, 0.2) is 18.2 Å². The lowest BCUT2D eigenvalue weighted by Crippen LogP contribution is -2.37. The van der Waals surface area contributed by atoms with E-state index >= 15 is 0 Å². The van der Waals surface area contributed by atoms with Gasteiger partial charge in [0.1, 0.15) is 15.7 Å². The summed E-state index contributed by atoms with van der Waals surface area (Å²) in [5, 5.41) is 0. The highest BCUT2D eigenvalue weighted by molar-refractivity contribution is 7.90. The van der Waals surface area contributed by atoms with Gasteiger partial charge in [0.25, 0.3) is 11.8 Å². The van der Waals surface area contributed by atoms with Crippen molar-refractivity contribution < 1.29 is 22.4 Å². The fourth-order valence-corrected chi connectivity index (χ4v) is 4.32. The van der Waals surface area contributed by atoms with Crippen LogP contribution in [-0.4, -0.2) is 43.7 Å². The van der Waals surface area contributed by atoms with Crippen molar-refractivity contribution in [3.05, 3.63) is 35.1 Å². The predicted molar refractivity (Wildman–Crippen MR) is 73.1 cm³/mol. The molecule has 1 heterocycles. The van der Waals surface area contributed by atoms with E-state index in [0.29, 0.717) is 12.8 Å². The molecule has 7 heteroatoms. The summed E-state index contributed by atoms with van der Waals surface area (Å²) in [6.07, 6.45) is 2.48. The molecule has 1 aliphatic carbocycles. The highest BCUT2D eigenvalue weighted by atomic mass is 32.2. The molecule has 3 rings (SSSR count). The van der Waals surface area contributed by atoms with E-state index in [1.54, 1.807) is 0 Å². The molecule has 21 heavy (non-hydrogen) atoms. The molecule has 1 aromatic carbocycles. The van der Waals surface area contributed by atoms with Gasteiger partial charge in [-0.05, 0) is 31.0 Å². The summed E-state index contributed by atoms with van der Waals surface area (Å²) in [6, 6.07) is 3.48. The quantitative estimate of drug-likeness (QED) is 0.785. The van der Waals surface area contributed by atoms with Crippen LogP contribution in [0.2, 0.25) is 0 Å². The number of nitrogens with zero attached hydrogens (tertiary/aromatic N) is 1. The molecule has 0 spiro atoms. The predicted octanol–water partition coefficient (Wildman–Crippen LogP) is 1.25. The standard InChI is InChI=1S/C14H14FNO4S/c1-21(19,20)8-14(4-5-14)7-16-12(17)10-3-2-9(15)6-11(10)13(16)18/h2-3,6H,4-5,7-8H2,1H3. The van der Waals surface area contributed by atoms with E-state index in [1.807, 2.05) is 0 Å². The number of imide groups is 1. The van der Waals surface area contributed by atoms with E-state index in [4.69, 9.17) is 0 Å². The SMILES string of the molecule is CS(=O)(=O)CC1(CN2C(=O)c3ccc(F)cc3C2=O)CC1. The van der Waals surface area contributed by atoms with Crippen LogP contribution in [0.25, 0.3) is 0 Å². The van der Waals surface area contributed by atoms with Gasteiger partial charge >= 0.3 is 0 Å². The number of hydrogen-bond donors (Lipinski definition) is 0. The van der Waals surface area contributed by atoms with Crippen LogP contribution >= 0.6 is 0 Å². The number of halogens is 1. The normalized spacial score (nSPS) is 19.8. The van der Waals surface area contributed by atoms with Crippen LogP contribution in [0, 0.1) is 11.2 Å². The zero-order chi connectivity index (χ0) is 15.4. The second-order valence-corrected chi connectivity index (χ2v) is 8.10. The average molecular weight is 311 g/mol. The van der Waals surface area contributed by atoms with Gasteiger partial charge in [-0.15, -0.1) is 0 Å². The first-order chi connectivity index (χ1) is 9.71. The number of hydrogen-bond acceptors (Lipinski definition) is 4. The lowest BCUT2D eigenvalue weighted by atomic mass is 10.1. The van der Waals surface area contributed by atoms with Crippen molar-refractivity contribution in [2.24, 2.45) is 5.41 Å².